The molecule has 0 unspecified atom stereocenters. The van der Waals surface area contributed by atoms with Gasteiger partial charge in [0.15, 0.2) is 0 Å². The second kappa shape index (κ2) is 5.35. The summed E-state index contributed by atoms with van der Waals surface area (Å²) < 4.78 is 2.46. The molecule has 1 saturated heterocycles. The topological polar surface area (TPSA) is 20.2 Å². The van der Waals surface area contributed by atoms with Crippen LogP contribution in [0.15, 0.2) is 24.3 Å². The van der Waals surface area contributed by atoms with Crippen molar-refractivity contribution >= 4 is 10.9 Å². The van der Waals surface area contributed by atoms with Gasteiger partial charge >= 0.3 is 0 Å². The highest BCUT2D eigenvalue weighted by Crippen LogP contribution is 2.22. The lowest BCUT2D eigenvalue weighted by Crippen LogP contribution is -2.43. The third kappa shape index (κ3) is 2.53. The van der Waals surface area contributed by atoms with Crippen LogP contribution in [0.25, 0.3) is 10.9 Å². The number of piperazine rings is 1. The minimum Gasteiger partial charge on any atom is -0.344 e. The number of benzene rings is 1. The maximum atomic E-state index is 3.41. The summed E-state index contributed by atoms with van der Waals surface area (Å²) in [5.41, 5.74) is 4.17. The molecule has 1 aromatic heterocycles. The van der Waals surface area contributed by atoms with Crippen molar-refractivity contribution < 1.29 is 0 Å². The van der Waals surface area contributed by atoms with Crippen molar-refractivity contribution in [3.8, 4) is 0 Å². The third-order valence-electron chi connectivity index (χ3n) is 4.06. The van der Waals surface area contributed by atoms with Crippen molar-refractivity contribution in [2.75, 3.05) is 26.2 Å². The summed E-state index contributed by atoms with van der Waals surface area (Å²) in [4.78, 5) is 2.55. The first-order valence-corrected chi connectivity index (χ1v) is 7.30. The van der Waals surface area contributed by atoms with Gasteiger partial charge in [0, 0.05) is 50.5 Å². The van der Waals surface area contributed by atoms with E-state index in [9.17, 15) is 0 Å². The second-order valence-corrected chi connectivity index (χ2v) is 5.47. The van der Waals surface area contributed by atoms with Gasteiger partial charge in [-0.05, 0) is 36.9 Å². The number of nitrogens with one attached hydrogen (secondary N) is 1. The fourth-order valence-corrected chi connectivity index (χ4v) is 3.02. The van der Waals surface area contributed by atoms with E-state index < -0.39 is 0 Å². The van der Waals surface area contributed by atoms with Gasteiger partial charge < -0.3 is 9.88 Å². The van der Waals surface area contributed by atoms with E-state index in [2.05, 4.69) is 52.9 Å². The molecule has 1 fully saturated rings. The Labute approximate surface area is 115 Å². The molecule has 0 saturated carbocycles. The smallest absolute Gasteiger partial charge is 0.0485 e. The molecule has 0 atom stereocenters. The molecule has 102 valence electrons. The first kappa shape index (κ1) is 12.7. The van der Waals surface area contributed by atoms with Gasteiger partial charge in [0.05, 0.1) is 0 Å². The second-order valence-electron chi connectivity index (χ2n) is 5.47. The van der Waals surface area contributed by atoms with E-state index in [4.69, 9.17) is 0 Å². The molecular formula is C16H23N3. The molecule has 0 amide bonds. The predicted molar refractivity (Wildman–Crippen MR) is 80.5 cm³/mol. The average molecular weight is 257 g/mol. The zero-order chi connectivity index (χ0) is 13.2. The number of rotatable bonds is 3. The van der Waals surface area contributed by atoms with Gasteiger partial charge in [-0.1, -0.05) is 12.1 Å². The molecule has 1 aromatic carbocycles. The van der Waals surface area contributed by atoms with Crippen LogP contribution in [0.5, 0.6) is 0 Å². The van der Waals surface area contributed by atoms with Crippen molar-refractivity contribution in [1.82, 2.24) is 14.8 Å². The van der Waals surface area contributed by atoms with E-state index >= 15 is 0 Å². The summed E-state index contributed by atoms with van der Waals surface area (Å²) in [5, 5.41) is 4.79. The summed E-state index contributed by atoms with van der Waals surface area (Å²) in [5.74, 6) is 0. The minimum absolute atomic E-state index is 1.05. The molecule has 0 aliphatic carbocycles. The Morgan fingerprint density at radius 1 is 1.16 bits per heavy atom. The number of fused-ring (bicyclic) bond motifs is 1. The van der Waals surface area contributed by atoms with E-state index in [0.717, 1.165) is 39.3 Å². The summed E-state index contributed by atoms with van der Waals surface area (Å²) in [7, 11) is 0. The molecule has 3 nitrogen and oxygen atoms in total. The molecular weight excluding hydrogens is 234 g/mol. The highest BCUT2D eigenvalue weighted by atomic mass is 15.2. The molecule has 1 aliphatic heterocycles. The van der Waals surface area contributed by atoms with Gasteiger partial charge in [-0.25, -0.2) is 0 Å². The maximum Gasteiger partial charge on any atom is 0.0485 e. The Hall–Kier alpha value is -1.32. The zero-order valence-corrected chi connectivity index (χ0v) is 11.9. The highest BCUT2D eigenvalue weighted by Gasteiger charge is 2.14. The van der Waals surface area contributed by atoms with Gasteiger partial charge in [-0.3, -0.25) is 4.90 Å². The first-order chi connectivity index (χ1) is 9.28. The molecule has 1 aliphatic rings. The molecule has 19 heavy (non-hydrogen) atoms. The Bertz CT molecular complexity index is 565. The van der Waals surface area contributed by atoms with Crippen molar-refractivity contribution in [1.29, 1.82) is 0 Å². The van der Waals surface area contributed by atoms with Gasteiger partial charge in [0.1, 0.15) is 0 Å². The van der Waals surface area contributed by atoms with E-state index in [1.54, 1.807) is 0 Å². The van der Waals surface area contributed by atoms with Crippen LogP contribution in [-0.2, 0) is 13.1 Å². The summed E-state index contributed by atoms with van der Waals surface area (Å²) >= 11 is 0. The van der Waals surface area contributed by atoms with Crippen LogP contribution in [0.1, 0.15) is 18.2 Å². The number of aromatic nitrogens is 1. The van der Waals surface area contributed by atoms with Crippen LogP contribution in [0, 0.1) is 6.92 Å². The molecule has 3 heteroatoms. The lowest BCUT2D eigenvalue weighted by Gasteiger charge is -2.27. The van der Waals surface area contributed by atoms with Crippen LogP contribution in [0.2, 0.25) is 0 Å². The fraction of sp³-hybridized carbons (Fsp3) is 0.500. The van der Waals surface area contributed by atoms with Crippen LogP contribution < -0.4 is 5.32 Å². The first-order valence-electron chi connectivity index (χ1n) is 7.30. The van der Waals surface area contributed by atoms with Gasteiger partial charge in [-0.2, -0.15) is 0 Å². The Balaban J connectivity index is 1.93. The average Bonchev–Trinajstić information content (AvgIpc) is 2.76. The van der Waals surface area contributed by atoms with Crippen LogP contribution >= 0.6 is 0 Å². The number of aryl methyl sites for hydroxylation is 2. The van der Waals surface area contributed by atoms with E-state index in [0.29, 0.717) is 0 Å². The lowest BCUT2D eigenvalue weighted by atomic mass is 10.2. The van der Waals surface area contributed by atoms with Crippen LogP contribution in [0.3, 0.4) is 0 Å². The van der Waals surface area contributed by atoms with Gasteiger partial charge in [0.2, 0.25) is 0 Å². The van der Waals surface area contributed by atoms with E-state index in [-0.39, 0.29) is 0 Å². The predicted octanol–water partition coefficient (Wildman–Crippen LogP) is 2.37. The highest BCUT2D eigenvalue weighted by molar-refractivity contribution is 5.82. The van der Waals surface area contributed by atoms with Crippen molar-refractivity contribution in [2.24, 2.45) is 0 Å². The normalized spacial score (nSPS) is 17.2. The van der Waals surface area contributed by atoms with E-state index in [1.807, 2.05) is 0 Å². The SMILES string of the molecule is CCn1c(CN2CCNCC2)cc2ccc(C)cc21. The van der Waals surface area contributed by atoms with Crippen LogP contribution in [-0.4, -0.2) is 35.6 Å². The standard InChI is InChI=1S/C16H23N3/c1-3-19-15(12-18-8-6-17-7-9-18)11-14-5-4-13(2)10-16(14)19/h4-5,10-11,17H,3,6-9,12H2,1-2H3. The van der Waals surface area contributed by atoms with Crippen molar-refractivity contribution in [2.45, 2.75) is 26.9 Å². The molecule has 2 aromatic rings. The van der Waals surface area contributed by atoms with Gasteiger partial charge in [-0.15, -0.1) is 0 Å². The maximum absolute atomic E-state index is 3.41. The summed E-state index contributed by atoms with van der Waals surface area (Å²) in [6.07, 6.45) is 0. The summed E-state index contributed by atoms with van der Waals surface area (Å²) in [6.45, 7) is 11.1. The molecule has 0 spiro atoms. The fourth-order valence-electron chi connectivity index (χ4n) is 3.02. The zero-order valence-electron chi connectivity index (χ0n) is 11.9. The molecule has 2 heterocycles. The monoisotopic (exact) mass is 257 g/mol. The number of hydrogen-bond acceptors (Lipinski definition) is 2. The van der Waals surface area contributed by atoms with Crippen molar-refractivity contribution in [3.63, 3.8) is 0 Å². The Kier molecular flexibility index (Phi) is 3.58. The Morgan fingerprint density at radius 3 is 2.68 bits per heavy atom. The van der Waals surface area contributed by atoms with Gasteiger partial charge in [0.25, 0.3) is 0 Å². The van der Waals surface area contributed by atoms with E-state index in [1.165, 1.54) is 22.2 Å². The molecule has 1 N–H and O–H groups in total. The molecule has 0 radical (unpaired) electrons. The molecule has 0 bridgehead atoms. The Morgan fingerprint density at radius 2 is 1.95 bits per heavy atom. The summed E-state index contributed by atoms with van der Waals surface area (Å²) in [6, 6.07) is 9.12. The number of hydrogen-bond donors (Lipinski definition) is 1. The lowest BCUT2D eigenvalue weighted by molar-refractivity contribution is 0.228. The molecule has 3 rings (SSSR count). The van der Waals surface area contributed by atoms with Crippen LogP contribution in [0.4, 0.5) is 0 Å². The van der Waals surface area contributed by atoms with Crippen molar-refractivity contribution in [3.05, 3.63) is 35.5 Å². The number of nitrogens with zero attached hydrogens (tertiary/aromatic N) is 2. The third-order valence-corrected chi connectivity index (χ3v) is 4.06. The minimum atomic E-state index is 1.05. The quantitative estimate of drug-likeness (QED) is 0.911. The largest absolute Gasteiger partial charge is 0.344 e.